The first-order chi connectivity index (χ1) is 14.1. The number of esters is 1. The monoisotopic (exact) mass is 416 g/mol. The number of carbonyl (C=O) groups is 1. The molecule has 2 heterocycles. The van der Waals surface area contributed by atoms with Crippen LogP contribution in [0.4, 0.5) is 0 Å². The summed E-state index contributed by atoms with van der Waals surface area (Å²) < 4.78 is 23.2. The van der Waals surface area contributed by atoms with Gasteiger partial charge in [-0.1, -0.05) is 42.0 Å². The molecule has 1 aromatic carbocycles. The number of ether oxygens (including phenoxy) is 4. The fourth-order valence-electron chi connectivity index (χ4n) is 4.13. The van der Waals surface area contributed by atoms with Crippen LogP contribution >= 0.6 is 0 Å². The molecule has 0 amide bonds. The van der Waals surface area contributed by atoms with Crippen LogP contribution in [0.1, 0.15) is 54.2 Å². The second-order valence-electron chi connectivity index (χ2n) is 8.51. The molecule has 0 aromatic heterocycles. The molecule has 5 atom stereocenters. The highest BCUT2D eigenvalue weighted by Crippen LogP contribution is 2.33. The number of methoxy groups -OCH3 is 1. The van der Waals surface area contributed by atoms with Gasteiger partial charge in [-0.15, -0.1) is 0 Å². The molecule has 0 radical (unpaired) electrons. The van der Waals surface area contributed by atoms with Gasteiger partial charge in [0, 0.05) is 7.11 Å². The largest absolute Gasteiger partial charge is 0.456 e. The summed E-state index contributed by atoms with van der Waals surface area (Å²) in [7, 11) is 1.54. The summed E-state index contributed by atoms with van der Waals surface area (Å²) in [5.41, 5.74) is 3.26. The number of aryl methyl sites for hydroxylation is 2. The highest BCUT2D eigenvalue weighted by Gasteiger charge is 2.43. The summed E-state index contributed by atoms with van der Waals surface area (Å²) in [5.74, 6) is -1.18. The minimum Gasteiger partial charge on any atom is -0.456 e. The van der Waals surface area contributed by atoms with Crippen LogP contribution in [-0.4, -0.2) is 54.5 Å². The molecule has 2 aliphatic heterocycles. The Morgan fingerprint density at radius 3 is 2.60 bits per heavy atom. The zero-order valence-corrected chi connectivity index (χ0v) is 18.5. The summed E-state index contributed by atoms with van der Waals surface area (Å²) in [6.45, 7) is 9.35. The van der Waals surface area contributed by atoms with E-state index < -0.39 is 36.2 Å². The zero-order chi connectivity index (χ0) is 22.1. The first-order valence-electron chi connectivity index (χ1n) is 10.3. The highest BCUT2D eigenvalue weighted by molar-refractivity contribution is 5.95. The molecule has 1 aromatic rings. The number of hydrogen-bond donors (Lipinski definition) is 1. The van der Waals surface area contributed by atoms with Gasteiger partial charge in [-0.3, -0.25) is 0 Å². The zero-order valence-electron chi connectivity index (χ0n) is 18.5. The molecule has 6 nitrogen and oxygen atoms in total. The van der Waals surface area contributed by atoms with E-state index in [1.54, 1.807) is 26.2 Å². The van der Waals surface area contributed by atoms with Crippen LogP contribution in [0.15, 0.2) is 30.4 Å². The molecule has 3 rings (SSSR count). The van der Waals surface area contributed by atoms with E-state index in [0.29, 0.717) is 12.0 Å². The number of cyclic esters (lactones) is 1. The molecule has 6 heteroatoms. The van der Waals surface area contributed by atoms with Gasteiger partial charge in [-0.2, -0.15) is 0 Å². The lowest BCUT2D eigenvalue weighted by Crippen LogP contribution is -2.35. The van der Waals surface area contributed by atoms with Crippen LogP contribution in [0.25, 0.3) is 6.08 Å². The number of aliphatic hydroxyl groups excluding tert-OH is 1. The third kappa shape index (κ3) is 5.01. The Balaban J connectivity index is 2.03. The second-order valence-corrected chi connectivity index (χ2v) is 8.51. The molecule has 0 bridgehead atoms. The van der Waals surface area contributed by atoms with Gasteiger partial charge in [-0.25, -0.2) is 4.79 Å². The molecule has 1 fully saturated rings. The van der Waals surface area contributed by atoms with E-state index in [9.17, 15) is 9.90 Å². The molecule has 1 unspecified atom stereocenters. The Bertz CT molecular complexity index is 840. The summed E-state index contributed by atoms with van der Waals surface area (Å²) in [5, 5.41) is 10.7. The van der Waals surface area contributed by atoms with E-state index in [2.05, 4.69) is 0 Å². The third-order valence-electron chi connectivity index (χ3n) is 5.46. The number of fused-ring (bicyclic) bond motifs is 2. The van der Waals surface area contributed by atoms with Crippen molar-refractivity contribution in [1.29, 1.82) is 0 Å². The average Bonchev–Trinajstić information content (AvgIpc) is 2.95. The van der Waals surface area contributed by atoms with Crippen molar-refractivity contribution in [3.63, 3.8) is 0 Å². The van der Waals surface area contributed by atoms with Gasteiger partial charge >= 0.3 is 5.97 Å². The minimum absolute atomic E-state index is 0.321. The van der Waals surface area contributed by atoms with Crippen molar-refractivity contribution < 1.29 is 28.8 Å². The van der Waals surface area contributed by atoms with Crippen molar-refractivity contribution in [2.75, 3.05) is 7.11 Å². The van der Waals surface area contributed by atoms with Crippen molar-refractivity contribution in [2.24, 2.45) is 0 Å². The molecule has 1 saturated heterocycles. The van der Waals surface area contributed by atoms with E-state index >= 15 is 0 Å². The van der Waals surface area contributed by atoms with Crippen molar-refractivity contribution in [3.05, 3.63) is 52.6 Å². The van der Waals surface area contributed by atoms with Crippen LogP contribution in [-0.2, 0) is 18.9 Å². The number of hydrogen-bond acceptors (Lipinski definition) is 6. The summed E-state index contributed by atoms with van der Waals surface area (Å²) >= 11 is 0. The standard InChI is InChI=1S/C24H32O6/c1-14-12-15(2)21-17(13-14)8-7-9-20-22(30-24(4,5)29-20)18(25)10-11-19(27-6)16(3)28-23(21)26/h7-8,10-13,16,18-20,22,25H,9H2,1-6H3/b8-7+,11-10?/t16-,18?,19+,20-,22+/m0/s1. The SMILES string of the molecule is CO[C@@H]1C=CC(O)[C@H]2OC(C)(C)O[C@H]2C/C=C/c2cc(C)cc(C)c2C(=O)O[C@H]1C. The maximum absolute atomic E-state index is 13.0. The van der Waals surface area contributed by atoms with E-state index in [1.165, 1.54) is 0 Å². The number of carbonyl (C=O) groups excluding carboxylic acids is 1. The van der Waals surface area contributed by atoms with Gasteiger partial charge < -0.3 is 24.1 Å². The number of aliphatic hydroxyl groups is 1. The van der Waals surface area contributed by atoms with Gasteiger partial charge in [0.05, 0.1) is 11.7 Å². The molecule has 0 aliphatic carbocycles. The maximum atomic E-state index is 13.0. The van der Waals surface area contributed by atoms with E-state index in [0.717, 1.165) is 16.7 Å². The molecule has 0 saturated carbocycles. The quantitative estimate of drug-likeness (QED) is 0.556. The number of benzene rings is 1. The second kappa shape index (κ2) is 9.02. The normalized spacial score (nSPS) is 32.6. The van der Waals surface area contributed by atoms with Crippen molar-refractivity contribution in [1.82, 2.24) is 0 Å². The first-order valence-corrected chi connectivity index (χ1v) is 10.3. The van der Waals surface area contributed by atoms with Gasteiger partial charge in [0.25, 0.3) is 0 Å². The van der Waals surface area contributed by atoms with Gasteiger partial charge in [0.15, 0.2) is 5.79 Å². The molecule has 30 heavy (non-hydrogen) atoms. The predicted octanol–water partition coefficient (Wildman–Crippen LogP) is 3.72. The van der Waals surface area contributed by atoms with Crippen LogP contribution in [0.2, 0.25) is 0 Å². The van der Waals surface area contributed by atoms with Crippen LogP contribution in [0.5, 0.6) is 0 Å². The molecule has 2 aliphatic rings. The lowest BCUT2D eigenvalue weighted by atomic mass is 9.97. The molecule has 164 valence electrons. The Hall–Kier alpha value is -1.99. The smallest absolute Gasteiger partial charge is 0.339 e. The van der Waals surface area contributed by atoms with Gasteiger partial charge in [-0.05, 0) is 52.2 Å². The van der Waals surface area contributed by atoms with Crippen LogP contribution < -0.4 is 0 Å². The minimum atomic E-state index is -0.884. The average molecular weight is 417 g/mol. The Kier molecular flexibility index (Phi) is 6.82. The van der Waals surface area contributed by atoms with E-state index in [4.69, 9.17) is 18.9 Å². The van der Waals surface area contributed by atoms with E-state index in [1.807, 2.05) is 52.0 Å². The topological polar surface area (TPSA) is 74.2 Å². The molecular weight excluding hydrogens is 384 g/mol. The Labute approximate surface area is 178 Å². The summed E-state index contributed by atoms with van der Waals surface area (Å²) in [4.78, 5) is 13.0. The van der Waals surface area contributed by atoms with Crippen molar-refractivity contribution in [3.8, 4) is 0 Å². The van der Waals surface area contributed by atoms with Crippen molar-refractivity contribution in [2.45, 2.75) is 77.3 Å². The Morgan fingerprint density at radius 2 is 1.90 bits per heavy atom. The van der Waals surface area contributed by atoms with Gasteiger partial charge in [0.2, 0.25) is 0 Å². The highest BCUT2D eigenvalue weighted by atomic mass is 16.8. The molecular formula is C24H32O6. The molecule has 1 N–H and O–H groups in total. The lowest BCUT2D eigenvalue weighted by molar-refractivity contribution is -0.152. The van der Waals surface area contributed by atoms with Crippen LogP contribution in [0.3, 0.4) is 0 Å². The van der Waals surface area contributed by atoms with Crippen molar-refractivity contribution >= 4 is 12.0 Å². The van der Waals surface area contributed by atoms with E-state index in [-0.39, 0.29) is 6.10 Å². The summed E-state index contributed by atoms with van der Waals surface area (Å²) in [6, 6.07) is 3.94. The number of rotatable bonds is 1. The Morgan fingerprint density at radius 1 is 1.17 bits per heavy atom. The lowest BCUT2D eigenvalue weighted by Gasteiger charge is -2.23. The van der Waals surface area contributed by atoms with Gasteiger partial charge in [0.1, 0.15) is 24.4 Å². The fraction of sp³-hybridized carbons (Fsp3) is 0.542. The van der Waals surface area contributed by atoms with Crippen LogP contribution in [0, 0.1) is 13.8 Å². The summed E-state index contributed by atoms with van der Waals surface area (Å²) in [6.07, 6.45) is 4.96. The predicted molar refractivity (Wildman–Crippen MR) is 114 cm³/mol. The third-order valence-corrected chi connectivity index (χ3v) is 5.46. The molecule has 0 spiro atoms. The first kappa shape index (κ1) is 22.7. The fourth-order valence-corrected chi connectivity index (χ4v) is 4.13. The maximum Gasteiger partial charge on any atom is 0.339 e.